The Hall–Kier alpha value is -2.73. The topological polar surface area (TPSA) is 51.2 Å². The van der Waals surface area contributed by atoms with Crippen LogP contribution in [0.5, 0.6) is 11.5 Å². The monoisotopic (exact) mass is 450 g/mol. The quantitative estimate of drug-likeness (QED) is 0.670. The molecule has 6 heteroatoms. The van der Waals surface area contributed by atoms with Gasteiger partial charge in [-0.05, 0) is 62.4 Å². The lowest BCUT2D eigenvalue weighted by Crippen LogP contribution is -2.46. The van der Waals surface area contributed by atoms with Crippen molar-refractivity contribution in [1.29, 1.82) is 0 Å². The Bertz CT molecular complexity index is 950. The molecule has 0 saturated carbocycles. The zero-order chi connectivity index (χ0) is 22.7. The molecule has 0 aliphatic carbocycles. The fraction of sp³-hybridized carbons (Fsp3) is 0.519. The first-order valence-electron chi connectivity index (χ1n) is 12.2. The molecule has 0 N–H and O–H groups in total. The summed E-state index contributed by atoms with van der Waals surface area (Å²) >= 11 is 0. The van der Waals surface area contributed by atoms with Crippen LogP contribution in [0.4, 0.5) is 5.69 Å². The highest BCUT2D eigenvalue weighted by Crippen LogP contribution is 2.38. The molecule has 1 amide bonds. The largest absolute Gasteiger partial charge is 0.496 e. The molecule has 3 aliphatic rings. The van der Waals surface area contributed by atoms with E-state index >= 15 is 0 Å². The van der Waals surface area contributed by atoms with Crippen molar-refractivity contribution in [3.8, 4) is 11.5 Å². The number of rotatable bonds is 5. The Morgan fingerprint density at radius 1 is 1.00 bits per heavy atom. The maximum Gasteiger partial charge on any atom is 0.257 e. The summed E-state index contributed by atoms with van der Waals surface area (Å²) in [4.78, 5) is 17.8. The molecule has 0 radical (unpaired) electrons. The maximum absolute atomic E-state index is 13.5. The van der Waals surface area contributed by atoms with Crippen LogP contribution in [0.2, 0.25) is 0 Å². The highest BCUT2D eigenvalue weighted by molar-refractivity contribution is 5.98. The van der Waals surface area contributed by atoms with Gasteiger partial charge >= 0.3 is 0 Å². The number of amides is 1. The van der Waals surface area contributed by atoms with Crippen LogP contribution in [0.25, 0.3) is 0 Å². The number of benzene rings is 2. The van der Waals surface area contributed by atoms with E-state index in [1.54, 1.807) is 7.11 Å². The number of nitrogens with zero attached hydrogens (tertiary/aromatic N) is 2. The fourth-order valence-corrected chi connectivity index (χ4v) is 5.42. The number of methoxy groups -OCH3 is 1. The predicted molar refractivity (Wildman–Crippen MR) is 128 cm³/mol. The Morgan fingerprint density at radius 2 is 1.76 bits per heavy atom. The van der Waals surface area contributed by atoms with Crippen molar-refractivity contribution in [2.45, 2.75) is 50.2 Å². The van der Waals surface area contributed by atoms with E-state index in [2.05, 4.69) is 11.0 Å². The minimum absolute atomic E-state index is 0.0515. The third kappa shape index (κ3) is 4.81. The van der Waals surface area contributed by atoms with E-state index < -0.39 is 0 Å². The van der Waals surface area contributed by atoms with Crippen LogP contribution in [0.1, 0.15) is 48.9 Å². The first-order chi connectivity index (χ1) is 16.2. The van der Waals surface area contributed by atoms with E-state index in [4.69, 9.17) is 14.2 Å². The van der Waals surface area contributed by atoms with Gasteiger partial charge in [-0.15, -0.1) is 0 Å². The lowest BCUT2D eigenvalue weighted by atomic mass is 9.87. The van der Waals surface area contributed by atoms with Gasteiger partial charge in [-0.3, -0.25) is 4.79 Å². The number of carbonyl (C=O) groups is 1. The molecule has 3 heterocycles. The molecule has 3 saturated heterocycles. The molecular weight excluding hydrogens is 416 g/mol. The number of anilines is 1. The van der Waals surface area contributed by atoms with Crippen molar-refractivity contribution in [3.05, 3.63) is 54.1 Å². The van der Waals surface area contributed by atoms with Gasteiger partial charge in [0.15, 0.2) is 0 Å². The normalized spacial score (nSPS) is 22.4. The van der Waals surface area contributed by atoms with Crippen molar-refractivity contribution in [2.75, 3.05) is 44.8 Å². The molecule has 1 atom stereocenters. The van der Waals surface area contributed by atoms with Crippen LogP contribution >= 0.6 is 0 Å². The second kappa shape index (κ2) is 9.64. The highest BCUT2D eigenvalue weighted by Gasteiger charge is 2.44. The number of likely N-dealkylation sites (tertiary alicyclic amines) is 1. The summed E-state index contributed by atoms with van der Waals surface area (Å²) in [6, 6.07) is 16.0. The standard InChI is InChI=1S/C27H34N2O4/c1-31-25-11-10-21(28-14-6-3-7-15-28)18-24(25)26(30)29-16-12-27(13-17-29)19-23(20-32-27)33-22-8-4-2-5-9-22/h2,4-5,8-11,18,23H,3,6-7,12-17,19-20H2,1H3. The maximum atomic E-state index is 13.5. The van der Waals surface area contributed by atoms with Crippen molar-refractivity contribution in [2.24, 2.45) is 0 Å². The fourth-order valence-electron chi connectivity index (χ4n) is 5.42. The van der Waals surface area contributed by atoms with Crippen molar-refractivity contribution >= 4 is 11.6 Å². The predicted octanol–water partition coefficient (Wildman–Crippen LogP) is 4.53. The molecule has 3 fully saturated rings. The smallest absolute Gasteiger partial charge is 0.257 e. The van der Waals surface area contributed by atoms with E-state index in [1.807, 2.05) is 47.4 Å². The molecule has 33 heavy (non-hydrogen) atoms. The summed E-state index contributed by atoms with van der Waals surface area (Å²) in [5.74, 6) is 1.58. The van der Waals surface area contributed by atoms with Crippen LogP contribution < -0.4 is 14.4 Å². The summed E-state index contributed by atoms with van der Waals surface area (Å²) in [6.45, 7) is 4.09. The lowest BCUT2D eigenvalue weighted by molar-refractivity contribution is -0.0396. The molecule has 2 aromatic rings. The number of carbonyl (C=O) groups excluding carboxylic acids is 1. The van der Waals surface area contributed by atoms with E-state index in [9.17, 15) is 4.79 Å². The summed E-state index contributed by atoms with van der Waals surface area (Å²) in [5.41, 5.74) is 1.59. The van der Waals surface area contributed by atoms with Crippen molar-refractivity contribution < 1.29 is 19.0 Å². The zero-order valence-electron chi connectivity index (χ0n) is 19.5. The Labute approximate surface area is 196 Å². The molecule has 1 unspecified atom stereocenters. The van der Waals surface area contributed by atoms with Gasteiger partial charge in [0.2, 0.25) is 0 Å². The summed E-state index contributed by atoms with van der Waals surface area (Å²) < 4.78 is 17.9. The Balaban J connectivity index is 1.22. The van der Waals surface area contributed by atoms with Crippen LogP contribution in [-0.2, 0) is 4.74 Å². The second-order valence-electron chi connectivity index (χ2n) is 9.48. The van der Waals surface area contributed by atoms with Crippen molar-refractivity contribution in [3.63, 3.8) is 0 Å². The van der Waals surface area contributed by atoms with E-state index in [1.165, 1.54) is 19.3 Å². The van der Waals surface area contributed by atoms with Crippen LogP contribution in [0, 0.1) is 0 Å². The van der Waals surface area contributed by atoms with E-state index in [0.29, 0.717) is 31.0 Å². The van der Waals surface area contributed by atoms with Gasteiger partial charge in [0, 0.05) is 38.3 Å². The average molecular weight is 451 g/mol. The molecule has 0 aromatic heterocycles. The molecular formula is C27H34N2O4. The van der Waals surface area contributed by atoms with Gasteiger partial charge in [-0.2, -0.15) is 0 Å². The summed E-state index contributed by atoms with van der Waals surface area (Å²) in [6.07, 6.45) is 6.31. The van der Waals surface area contributed by atoms with Gasteiger partial charge in [0.05, 0.1) is 24.9 Å². The SMILES string of the molecule is COc1ccc(N2CCCCC2)cc1C(=O)N1CCC2(CC1)CC(Oc1ccccc1)CO2. The molecule has 176 valence electrons. The van der Waals surface area contributed by atoms with E-state index in [0.717, 1.165) is 43.8 Å². The Morgan fingerprint density at radius 3 is 2.48 bits per heavy atom. The van der Waals surface area contributed by atoms with Crippen LogP contribution in [0.3, 0.4) is 0 Å². The summed E-state index contributed by atoms with van der Waals surface area (Å²) in [5, 5.41) is 0. The number of para-hydroxylation sites is 1. The third-order valence-corrected chi connectivity index (χ3v) is 7.32. The van der Waals surface area contributed by atoms with Gasteiger partial charge in [0.25, 0.3) is 5.91 Å². The minimum Gasteiger partial charge on any atom is -0.496 e. The van der Waals surface area contributed by atoms with Gasteiger partial charge in [-0.1, -0.05) is 18.2 Å². The zero-order valence-corrected chi connectivity index (χ0v) is 19.5. The van der Waals surface area contributed by atoms with Gasteiger partial charge < -0.3 is 24.0 Å². The molecule has 2 aromatic carbocycles. The van der Waals surface area contributed by atoms with Crippen molar-refractivity contribution in [1.82, 2.24) is 4.90 Å². The first-order valence-corrected chi connectivity index (χ1v) is 12.2. The van der Waals surface area contributed by atoms with Gasteiger partial charge in [0.1, 0.15) is 17.6 Å². The first kappa shape index (κ1) is 22.1. The second-order valence-corrected chi connectivity index (χ2v) is 9.48. The molecule has 1 spiro atoms. The van der Waals surface area contributed by atoms with Gasteiger partial charge in [-0.25, -0.2) is 0 Å². The minimum atomic E-state index is -0.185. The third-order valence-electron chi connectivity index (χ3n) is 7.32. The molecule has 0 bridgehead atoms. The Kier molecular flexibility index (Phi) is 6.45. The molecule has 6 nitrogen and oxygen atoms in total. The number of hydrogen-bond acceptors (Lipinski definition) is 5. The summed E-state index contributed by atoms with van der Waals surface area (Å²) in [7, 11) is 1.64. The molecule has 5 rings (SSSR count). The number of hydrogen-bond donors (Lipinski definition) is 0. The van der Waals surface area contributed by atoms with Crippen LogP contribution in [0.15, 0.2) is 48.5 Å². The number of ether oxygens (including phenoxy) is 3. The number of piperidine rings is 2. The average Bonchev–Trinajstić information content (AvgIpc) is 3.26. The highest BCUT2D eigenvalue weighted by atomic mass is 16.6. The lowest BCUT2D eigenvalue weighted by Gasteiger charge is -2.38. The molecule has 3 aliphatic heterocycles. The van der Waals surface area contributed by atoms with E-state index in [-0.39, 0.29) is 17.6 Å². The van der Waals surface area contributed by atoms with Crippen LogP contribution in [-0.4, -0.2) is 62.4 Å².